The minimum atomic E-state index is -0.979. The first-order chi connectivity index (χ1) is 5.19. The van der Waals surface area contributed by atoms with Gasteiger partial charge in [0.25, 0.3) is 0 Å². The summed E-state index contributed by atoms with van der Waals surface area (Å²) in [6, 6.07) is 0. The van der Waals surface area contributed by atoms with Crippen LogP contribution in [0.5, 0.6) is 0 Å². The van der Waals surface area contributed by atoms with Crippen LogP contribution in [0.15, 0.2) is 0 Å². The molecule has 0 spiro atoms. The molecule has 0 saturated heterocycles. The highest BCUT2D eigenvalue weighted by molar-refractivity contribution is 4.79. The van der Waals surface area contributed by atoms with Gasteiger partial charge < -0.3 is 0 Å². The van der Waals surface area contributed by atoms with Crippen molar-refractivity contribution >= 4 is 0 Å². The molecule has 0 aromatic carbocycles. The second kappa shape index (κ2) is 3.76. The fourth-order valence-electron chi connectivity index (χ4n) is 1.09. The van der Waals surface area contributed by atoms with Crippen LogP contribution in [0.25, 0.3) is 0 Å². The summed E-state index contributed by atoms with van der Waals surface area (Å²) in [5.41, 5.74) is -0.755. The quantitative estimate of drug-likeness (QED) is 0.601. The largest absolute Gasteiger partial charge is 0.244 e. The molecule has 1 heteroatoms. The maximum atomic E-state index is 13.6. The van der Waals surface area contributed by atoms with Crippen molar-refractivity contribution in [2.45, 2.75) is 60.1 Å². The van der Waals surface area contributed by atoms with Crippen LogP contribution < -0.4 is 0 Å². The molecule has 0 radical (unpaired) electrons. The minimum Gasteiger partial charge on any atom is -0.244 e. The molecule has 0 rings (SSSR count). The fraction of sp³-hybridized carbons (Fsp3) is 1.00. The highest BCUT2D eigenvalue weighted by Gasteiger charge is 2.29. The third-order valence-corrected chi connectivity index (χ3v) is 2.95. The topological polar surface area (TPSA) is 0 Å². The van der Waals surface area contributed by atoms with Crippen molar-refractivity contribution in [1.29, 1.82) is 0 Å². The normalized spacial score (nSPS) is 20.2. The van der Waals surface area contributed by atoms with Crippen LogP contribution in [0.4, 0.5) is 4.39 Å². The smallest absolute Gasteiger partial charge is 0.108 e. The van der Waals surface area contributed by atoms with Crippen LogP contribution >= 0.6 is 0 Å². The van der Waals surface area contributed by atoms with E-state index in [1.165, 1.54) is 0 Å². The van der Waals surface area contributed by atoms with E-state index in [4.69, 9.17) is 0 Å². The summed E-state index contributed by atoms with van der Waals surface area (Å²) in [5, 5.41) is 0. The lowest BCUT2D eigenvalue weighted by Gasteiger charge is -2.32. The highest BCUT2D eigenvalue weighted by Crippen LogP contribution is 2.34. The molecule has 0 amide bonds. The average molecular weight is 174 g/mol. The van der Waals surface area contributed by atoms with E-state index < -0.39 is 5.67 Å². The Labute approximate surface area is 76.6 Å². The first kappa shape index (κ1) is 11.9. The third-order valence-electron chi connectivity index (χ3n) is 2.95. The molecule has 0 heterocycles. The van der Waals surface area contributed by atoms with E-state index in [1.54, 1.807) is 6.92 Å². The first-order valence-corrected chi connectivity index (χ1v) is 4.88. The molecular formula is C11H23F. The standard InChI is InChI=1S/C11H23F/c1-7-11(6,12)8-9(2)10(3,4)5/h9H,7-8H2,1-6H3. The Balaban J connectivity index is 4.09. The molecule has 2 unspecified atom stereocenters. The molecule has 0 aliphatic carbocycles. The molecule has 0 bridgehead atoms. The van der Waals surface area contributed by atoms with E-state index in [0.717, 1.165) is 0 Å². The van der Waals surface area contributed by atoms with Crippen molar-refractivity contribution in [3.63, 3.8) is 0 Å². The Morgan fingerprint density at radius 1 is 1.17 bits per heavy atom. The van der Waals surface area contributed by atoms with Gasteiger partial charge in [0.1, 0.15) is 5.67 Å². The molecule has 0 aliphatic rings. The zero-order valence-corrected chi connectivity index (χ0v) is 9.37. The predicted molar refractivity (Wildman–Crippen MR) is 53.0 cm³/mol. The summed E-state index contributed by atoms with van der Waals surface area (Å²) in [7, 11) is 0. The lowest BCUT2D eigenvalue weighted by atomic mass is 9.76. The monoisotopic (exact) mass is 174 g/mol. The van der Waals surface area contributed by atoms with Crippen LogP contribution in [0.3, 0.4) is 0 Å². The van der Waals surface area contributed by atoms with E-state index in [-0.39, 0.29) is 5.41 Å². The van der Waals surface area contributed by atoms with Crippen LogP contribution in [-0.2, 0) is 0 Å². The van der Waals surface area contributed by atoms with Gasteiger partial charge in [-0.3, -0.25) is 0 Å². The molecule has 0 N–H and O–H groups in total. The number of hydrogen-bond donors (Lipinski definition) is 0. The summed E-state index contributed by atoms with van der Waals surface area (Å²) in [5.74, 6) is 0.437. The van der Waals surface area contributed by atoms with Gasteiger partial charge in [-0.2, -0.15) is 0 Å². The average Bonchev–Trinajstić information content (AvgIpc) is 1.85. The zero-order valence-electron chi connectivity index (χ0n) is 9.37. The Morgan fingerprint density at radius 2 is 1.58 bits per heavy atom. The second-order valence-electron chi connectivity index (χ2n) is 5.24. The number of alkyl halides is 1. The van der Waals surface area contributed by atoms with Gasteiger partial charge in [0.15, 0.2) is 0 Å². The van der Waals surface area contributed by atoms with Crippen molar-refractivity contribution in [3.8, 4) is 0 Å². The van der Waals surface area contributed by atoms with Gasteiger partial charge >= 0.3 is 0 Å². The number of halogens is 1. The molecule has 74 valence electrons. The van der Waals surface area contributed by atoms with E-state index in [0.29, 0.717) is 18.8 Å². The SMILES string of the molecule is CCC(C)(F)CC(C)C(C)(C)C. The van der Waals surface area contributed by atoms with E-state index in [9.17, 15) is 4.39 Å². The van der Waals surface area contributed by atoms with Crippen molar-refractivity contribution < 1.29 is 4.39 Å². The lowest BCUT2D eigenvalue weighted by molar-refractivity contribution is 0.102. The molecule has 0 aromatic heterocycles. The lowest BCUT2D eigenvalue weighted by Crippen LogP contribution is -2.27. The van der Waals surface area contributed by atoms with Crippen LogP contribution in [0.2, 0.25) is 0 Å². The molecule has 0 fully saturated rings. The third kappa shape index (κ3) is 4.08. The van der Waals surface area contributed by atoms with E-state index in [2.05, 4.69) is 27.7 Å². The zero-order chi connectivity index (χ0) is 9.99. The van der Waals surface area contributed by atoms with Gasteiger partial charge in [-0.1, -0.05) is 34.6 Å². The summed E-state index contributed by atoms with van der Waals surface area (Å²) in [6.45, 7) is 12.3. The maximum absolute atomic E-state index is 13.6. The number of rotatable bonds is 3. The molecule has 0 saturated carbocycles. The summed E-state index contributed by atoms with van der Waals surface area (Å²) in [6.07, 6.45) is 1.29. The minimum absolute atomic E-state index is 0.225. The van der Waals surface area contributed by atoms with Crippen molar-refractivity contribution in [2.75, 3.05) is 0 Å². The van der Waals surface area contributed by atoms with Gasteiger partial charge in [-0.05, 0) is 31.1 Å². The van der Waals surface area contributed by atoms with Crippen LogP contribution in [0, 0.1) is 11.3 Å². The first-order valence-electron chi connectivity index (χ1n) is 4.88. The van der Waals surface area contributed by atoms with Gasteiger partial charge in [0, 0.05) is 0 Å². The maximum Gasteiger partial charge on any atom is 0.108 e. The molecule has 0 nitrogen and oxygen atoms in total. The summed E-state index contributed by atoms with van der Waals surface area (Å²) >= 11 is 0. The Bertz CT molecular complexity index is 130. The van der Waals surface area contributed by atoms with Gasteiger partial charge in [0.05, 0.1) is 0 Å². The van der Waals surface area contributed by atoms with E-state index >= 15 is 0 Å². The van der Waals surface area contributed by atoms with Crippen LogP contribution in [-0.4, -0.2) is 5.67 Å². The molecule has 2 atom stereocenters. The Morgan fingerprint density at radius 3 is 1.83 bits per heavy atom. The van der Waals surface area contributed by atoms with Gasteiger partial charge in [-0.25, -0.2) is 4.39 Å². The van der Waals surface area contributed by atoms with Gasteiger partial charge in [-0.15, -0.1) is 0 Å². The van der Waals surface area contributed by atoms with Crippen LogP contribution in [0.1, 0.15) is 54.4 Å². The molecule has 0 aromatic rings. The molecular weight excluding hydrogens is 151 g/mol. The summed E-state index contributed by atoms with van der Waals surface area (Å²) in [4.78, 5) is 0. The number of hydrogen-bond acceptors (Lipinski definition) is 0. The second-order valence-corrected chi connectivity index (χ2v) is 5.24. The Kier molecular flexibility index (Phi) is 3.74. The van der Waals surface area contributed by atoms with Crippen molar-refractivity contribution in [2.24, 2.45) is 11.3 Å². The molecule has 12 heavy (non-hydrogen) atoms. The van der Waals surface area contributed by atoms with Crippen molar-refractivity contribution in [3.05, 3.63) is 0 Å². The predicted octanol–water partition coefficient (Wildman–Crippen LogP) is 4.20. The molecule has 0 aliphatic heterocycles. The fourth-order valence-corrected chi connectivity index (χ4v) is 1.09. The summed E-state index contributed by atoms with van der Waals surface area (Å²) < 4.78 is 13.6. The van der Waals surface area contributed by atoms with Crippen molar-refractivity contribution in [1.82, 2.24) is 0 Å². The Hall–Kier alpha value is -0.0700. The van der Waals surface area contributed by atoms with E-state index in [1.807, 2.05) is 6.92 Å². The van der Waals surface area contributed by atoms with Gasteiger partial charge in [0.2, 0.25) is 0 Å². The highest BCUT2D eigenvalue weighted by atomic mass is 19.1.